The normalized spacial score (nSPS) is 25.8. The van der Waals surface area contributed by atoms with E-state index in [9.17, 15) is 10.1 Å². The maximum absolute atomic E-state index is 13.3. The minimum atomic E-state index is -0.736. The van der Waals surface area contributed by atoms with Crippen molar-refractivity contribution in [3.8, 4) is 6.07 Å². The summed E-state index contributed by atoms with van der Waals surface area (Å²) < 4.78 is 0. The number of benzene rings is 2. The Labute approximate surface area is 165 Å². The van der Waals surface area contributed by atoms with Crippen LogP contribution in [-0.4, -0.2) is 23.8 Å². The number of hydrogen-bond donors (Lipinski definition) is 2. The Morgan fingerprint density at radius 1 is 1.18 bits per heavy atom. The molecule has 0 radical (unpaired) electrons. The second kappa shape index (κ2) is 6.20. The molecule has 0 spiro atoms. The average molecular weight is 372 g/mol. The van der Waals surface area contributed by atoms with Crippen molar-refractivity contribution < 1.29 is 4.79 Å². The highest BCUT2D eigenvalue weighted by Gasteiger charge is 2.49. The Bertz CT molecular complexity index is 1000. The van der Waals surface area contributed by atoms with Crippen molar-refractivity contribution in [2.75, 3.05) is 7.05 Å². The number of nitriles is 1. The molecule has 2 N–H and O–H groups in total. The quantitative estimate of drug-likeness (QED) is 0.865. The molecule has 2 aromatic rings. The van der Waals surface area contributed by atoms with Gasteiger partial charge < -0.3 is 5.32 Å². The molecule has 2 atom stereocenters. The topological polar surface area (TPSA) is 80.0 Å². The maximum Gasteiger partial charge on any atom is 0.239 e. The van der Waals surface area contributed by atoms with E-state index in [1.54, 1.807) is 7.05 Å². The zero-order valence-electron chi connectivity index (χ0n) is 16.4. The van der Waals surface area contributed by atoms with Crippen molar-refractivity contribution in [2.24, 2.45) is 0 Å². The predicted octanol–water partition coefficient (Wildman–Crippen LogP) is 3.55. The largest absolute Gasteiger partial charge is 0.346 e. The number of aryl methyl sites for hydroxylation is 1. The van der Waals surface area contributed by atoms with Crippen molar-refractivity contribution in [2.45, 2.75) is 43.6 Å². The van der Waals surface area contributed by atoms with Crippen LogP contribution in [0.1, 0.15) is 47.9 Å². The predicted molar refractivity (Wildman–Crippen MR) is 108 cm³/mol. The highest BCUT2D eigenvalue weighted by molar-refractivity contribution is 6.02. The van der Waals surface area contributed by atoms with E-state index in [0.29, 0.717) is 0 Å². The van der Waals surface area contributed by atoms with E-state index in [1.807, 2.05) is 62.4 Å². The summed E-state index contributed by atoms with van der Waals surface area (Å²) >= 11 is 0. The first kappa shape index (κ1) is 18.2. The lowest BCUT2D eigenvalue weighted by Gasteiger charge is -2.46. The number of hydrogen-bond acceptors (Lipinski definition) is 3. The van der Waals surface area contributed by atoms with Gasteiger partial charge in [0.1, 0.15) is 0 Å². The molecule has 2 aromatic carbocycles. The van der Waals surface area contributed by atoms with Crippen LogP contribution >= 0.6 is 0 Å². The third-order valence-corrected chi connectivity index (χ3v) is 6.33. The highest BCUT2D eigenvalue weighted by Crippen LogP contribution is 2.48. The van der Waals surface area contributed by atoms with Gasteiger partial charge in [0.15, 0.2) is 5.96 Å². The van der Waals surface area contributed by atoms with Crippen LogP contribution in [0, 0.1) is 23.7 Å². The van der Waals surface area contributed by atoms with Crippen molar-refractivity contribution >= 4 is 11.9 Å². The second-order valence-electron chi connectivity index (χ2n) is 8.14. The first-order valence-corrected chi connectivity index (χ1v) is 9.54. The molecular formula is C23H24N4O. The fraction of sp³-hybridized carbons (Fsp3) is 0.348. The summed E-state index contributed by atoms with van der Waals surface area (Å²) in [4.78, 5) is 14.7. The van der Waals surface area contributed by atoms with Crippen LogP contribution < -0.4 is 5.32 Å². The number of carbonyl (C=O) groups is 1. The van der Waals surface area contributed by atoms with Crippen LogP contribution in [0.4, 0.5) is 0 Å². The van der Waals surface area contributed by atoms with Gasteiger partial charge >= 0.3 is 0 Å². The number of carbonyl (C=O) groups excluding carboxylic acids is 1. The standard InChI is InChI=1S/C23H24N4O/c1-15-6-4-5-7-18(15)22(2)19(20(28)27(3)21(25)26-22)16-8-10-17(11-9-16)23(14-24)12-13-23/h4-11,19H,12-13H2,1-3H3,(H2,25,26)/t19-,22-/m1/s1. The molecule has 5 heteroatoms. The molecule has 0 bridgehead atoms. The van der Waals surface area contributed by atoms with Gasteiger partial charge in [-0.2, -0.15) is 5.26 Å². The summed E-state index contributed by atoms with van der Waals surface area (Å²) in [6.45, 7) is 4.02. The molecule has 0 unspecified atom stereocenters. The maximum atomic E-state index is 13.3. The van der Waals surface area contributed by atoms with Crippen LogP contribution in [0.3, 0.4) is 0 Å². The Hall–Kier alpha value is -3.13. The average Bonchev–Trinajstić information content (AvgIpc) is 3.48. The third kappa shape index (κ3) is 2.60. The van der Waals surface area contributed by atoms with Crippen molar-refractivity contribution in [3.05, 3.63) is 70.8 Å². The molecule has 1 heterocycles. The van der Waals surface area contributed by atoms with Crippen molar-refractivity contribution in [1.82, 2.24) is 10.2 Å². The van der Waals surface area contributed by atoms with E-state index >= 15 is 0 Å². The number of likely N-dealkylation sites (N-methyl/N-ethyl adjacent to an activating group) is 1. The summed E-state index contributed by atoms with van der Waals surface area (Å²) in [6.07, 6.45) is 1.79. The summed E-state index contributed by atoms with van der Waals surface area (Å²) in [5.74, 6) is -0.479. The molecule has 2 aliphatic rings. The second-order valence-corrected chi connectivity index (χ2v) is 8.14. The van der Waals surface area contributed by atoms with Crippen LogP contribution in [-0.2, 0) is 15.7 Å². The molecule has 1 saturated heterocycles. The number of guanidine groups is 1. The fourth-order valence-corrected chi connectivity index (χ4v) is 4.39. The summed E-state index contributed by atoms with van der Waals surface area (Å²) in [5.41, 5.74) is 2.91. The van der Waals surface area contributed by atoms with Crippen LogP contribution in [0.2, 0.25) is 0 Å². The van der Waals surface area contributed by atoms with Gasteiger partial charge in [0.25, 0.3) is 0 Å². The van der Waals surface area contributed by atoms with Gasteiger partial charge in [-0.25, -0.2) is 0 Å². The fourth-order valence-electron chi connectivity index (χ4n) is 4.39. The van der Waals surface area contributed by atoms with Crippen molar-refractivity contribution in [1.29, 1.82) is 10.7 Å². The molecule has 142 valence electrons. The van der Waals surface area contributed by atoms with E-state index in [1.165, 1.54) is 4.90 Å². The minimum absolute atomic E-state index is 0.102. The summed E-state index contributed by atoms with van der Waals surface area (Å²) in [5, 5.41) is 21.0. The number of nitrogens with zero attached hydrogens (tertiary/aromatic N) is 2. The van der Waals surface area contributed by atoms with E-state index in [0.717, 1.165) is 35.1 Å². The molecule has 1 aliphatic carbocycles. The van der Waals surface area contributed by atoms with Gasteiger partial charge in [-0.1, -0.05) is 48.5 Å². The SMILES string of the molecule is Cc1ccccc1[C@@]1(C)NC(=N)N(C)C(=O)[C@H]1c1ccc(C2(C#N)CC2)cc1. The van der Waals surface area contributed by atoms with Crippen LogP contribution in [0.5, 0.6) is 0 Å². The molecule has 28 heavy (non-hydrogen) atoms. The van der Waals surface area contributed by atoms with Crippen LogP contribution in [0.15, 0.2) is 48.5 Å². The molecule has 1 saturated carbocycles. The molecule has 5 nitrogen and oxygen atoms in total. The van der Waals surface area contributed by atoms with E-state index in [2.05, 4.69) is 11.4 Å². The molecule has 1 amide bonds. The molecule has 0 aromatic heterocycles. The van der Waals surface area contributed by atoms with E-state index < -0.39 is 11.5 Å². The number of amides is 1. The minimum Gasteiger partial charge on any atom is -0.346 e. The Morgan fingerprint density at radius 3 is 2.39 bits per heavy atom. The van der Waals surface area contributed by atoms with Gasteiger partial charge in [-0.3, -0.25) is 15.1 Å². The molecule has 4 rings (SSSR count). The Kier molecular flexibility index (Phi) is 4.04. The van der Waals surface area contributed by atoms with Crippen LogP contribution in [0.25, 0.3) is 0 Å². The highest BCUT2D eigenvalue weighted by atomic mass is 16.2. The Balaban J connectivity index is 1.81. The van der Waals surface area contributed by atoms with Gasteiger partial charge in [0.2, 0.25) is 5.91 Å². The lowest BCUT2D eigenvalue weighted by molar-refractivity contribution is -0.131. The zero-order chi connectivity index (χ0) is 20.1. The van der Waals surface area contributed by atoms with E-state index in [4.69, 9.17) is 5.41 Å². The number of nitrogens with one attached hydrogen (secondary N) is 2. The summed E-state index contributed by atoms with van der Waals surface area (Å²) in [6, 6.07) is 18.3. The molecule has 2 fully saturated rings. The zero-order valence-corrected chi connectivity index (χ0v) is 16.4. The van der Waals surface area contributed by atoms with E-state index in [-0.39, 0.29) is 17.3 Å². The first-order chi connectivity index (χ1) is 13.3. The van der Waals surface area contributed by atoms with Gasteiger partial charge in [-0.15, -0.1) is 0 Å². The lowest BCUT2D eigenvalue weighted by atomic mass is 9.72. The third-order valence-electron chi connectivity index (χ3n) is 6.33. The lowest BCUT2D eigenvalue weighted by Crippen LogP contribution is -2.62. The van der Waals surface area contributed by atoms with Gasteiger partial charge in [0, 0.05) is 7.05 Å². The molecule has 1 aliphatic heterocycles. The van der Waals surface area contributed by atoms with Crippen molar-refractivity contribution in [3.63, 3.8) is 0 Å². The molecular weight excluding hydrogens is 348 g/mol. The van der Waals surface area contributed by atoms with Gasteiger partial charge in [-0.05, 0) is 48.9 Å². The van der Waals surface area contributed by atoms with Gasteiger partial charge in [0.05, 0.1) is 22.9 Å². The monoisotopic (exact) mass is 372 g/mol. The Morgan fingerprint density at radius 2 is 1.82 bits per heavy atom. The first-order valence-electron chi connectivity index (χ1n) is 9.54. The smallest absolute Gasteiger partial charge is 0.239 e. The number of rotatable bonds is 3. The summed E-state index contributed by atoms with van der Waals surface area (Å²) in [7, 11) is 1.63.